The highest BCUT2D eigenvalue weighted by Crippen LogP contribution is 2.15. The average molecular weight is 292 g/mol. The van der Waals surface area contributed by atoms with Crippen LogP contribution in [0.4, 0.5) is 0 Å². The van der Waals surface area contributed by atoms with E-state index in [1.807, 2.05) is 43.6 Å². The minimum Gasteiger partial charge on any atom is -0.348 e. The monoisotopic (exact) mass is 292 g/mol. The molecule has 0 spiro atoms. The number of rotatable bonds is 4. The van der Waals surface area contributed by atoms with Crippen LogP contribution in [-0.2, 0) is 13.6 Å². The van der Waals surface area contributed by atoms with Gasteiger partial charge in [-0.15, -0.1) is 0 Å². The number of hydrogen-bond acceptors (Lipinski definition) is 3. The number of aromatic nitrogens is 3. The lowest BCUT2D eigenvalue weighted by atomic mass is 10.2. The van der Waals surface area contributed by atoms with Crippen LogP contribution in [0.1, 0.15) is 15.9 Å². The molecule has 3 aromatic rings. The van der Waals surface area contributed by atoms with Crippen molar-refractivity contribution in [3.8, 4) is 11.3 Å². The fourth-order valence-corrected chi connectivity index (χ4v) is 2.13. The largest absolute Gasteiger partial charge is 0.348 e. The van der Waals surface area contributed by atoms with Gasteiger partial charge in [0.05, 0.1) is 11.9 Å². The first-order chi connectivity index (χ1) is 10.7. The molecule has 5 heteroatoms. The van der Waals surface area contributed by atoms with Gasteiger partial charge < -0.3 is 5.32 Å². The summed E-state index contributed by atoms with van der Waals surface area (Å²) in [5.41, 5.74) is 3.45. The van der Waals surface area contributed by atoms with Crippen molar-refractivity contribution >= 4 is 5.91 Å². The third kappa shape index (κ3) is 3.20. The molecule has 0 atom stereocenters. The molecule has 0 saturated carbocycles. The number of aryl methyl sites for hydroxylation is 1. The number of nitrogens with zero attached hydrogens (tertiary/aromatic N) is 3. The lowest BCUT2D eigenvalue weighted by molar-refractivity contribution is 0.0951. The van der Waals surface area contributed by atoms with Crippen molar-refractivity contribution in [2.75, 3.05) is 0 Å². The summed E-state index contributed by atoms with van der Waals surface area (Å²) in [7, 11) is 1.87. The predicted molar refractivity (Wildman–Crippen MR) is 84.1 cm³/mol. The minimum absolute atomic E-state index is 0.0862. The first-order valence-electron chi connectivity index (χ1n) is 6.99. The molecule has 2 aromatic heterocycles. The number of nitrogens with one attached hydrogen (secondary N) is 1. The normalized spacial score (nSPS) is 10.4. The van der Waals surface area contributed by atoms with Crippen molar-refractivity contribution in [2.24, 2.45) is 7.05 Å². The molecule has 0 aliphatic heterocycles. The highest BCUT2D eigenvalue weighted by molar-refractivity contribution is 5.94. The van der Waals surface area contributed by atoms with E-state index in [9.17, 15) is 4.79 Å². The average Bonchev–Trinajstić information content (AvgIpc) is 3.00. The number of amides is 1. The lowest BCUT2D eigenvalue weighted by Crippen LogP contribution is -2.22. The van der Waals surface area contributed by atoms with Crippen LogP contribution in [0.3, 0.4) is 0 Å². The Hall–Kier alpha value is -2.95. The van der Waals surface area contributed by atoms with Gasteiger partial charge in [0.1, 0.15) is 0 Å². The van der Waals surface area contributed by atoms with E-state index in [-0.39, 0.29) is 5.91 Å². The maximum absolute atomic E-state index is 12.0. The van der Waals surface area contributed by atoms with Crippen LogP contribution in [0.2, 0.25) is 0 Å². The summed E-state index contributed by atoms with van der Waals surface area (Å²) >= 11 is 0. The van der Waals surface area contributed by atoms with Crippen LogP contribution in [0.5, 0.6) is 0 Å². The second kappa shape index (κ2) is 6.22. The van der Waals surface area contributed by atoms with Crippen LogP contribution >= 0.6 is 0 Å². The predicted octanol–water partition coefficient (Wildman–Crippen LogP) is 2.41. The Morgan fingerprint density at radius 1 is 1.14 bits per heavy atom. The Balaban J connectivity index is 1.63. The molecule has 110 valence electrons. The molecule has 1 N–H and O–H groups in total. The van der Waals surface area contributed by atoms with E-state index < -0.39 is 0 Å². The van der Waals surface area contributed by atoms with E-state index in [0.717, 1.165) is 16.8 Å². The maximum atomic E-state index is 12.0. The van der Waals surface area contributed by atoms with E-state index >= 15 is 0 Å². The van der Waals surface area contributed by atoms with E-state index in [0.29, 0.717) is 12.1 Å². The Morgan fingerprint density at radius 2 is 1.95 bits per heavy atom. The minimum atomic E-state index is -0.0862. The van der Waals surface area contributed by atoms with Crippen molar-refractivity contribution in [2.45, 2.75) is 6.54 Å². The lowest BCUT2D eigenvalue weighted by Gasteiger charge is -2.05. The zero-order valence-corrected chi connectivity index (χ0v) is 12.2. The molecule has 2 heterocycles. The van der Waals surface area contributed by atoms with Gasteiger partial charge in [0, 0.05) is 37.1 Å². The summed E-state index contributed by atoms with van der Waals surface area (Å²) in [4.78, 5) is 16.4. The summed E-state index contributed by atoms with van der Waals surface area (Å²) in [5.74, 6) is -0.0862. The van der Waals surface area contributed by atoms with Crippen molar-refractivity contribution < 1.29 is 4.79 Å². The van der Waals surface area contributed by atoms with E-state index in [1.54, 1.807) is 29.2 Å². The molecule has 1 amide bonds. The first kappa shape index (κ1) is 14.0. The van der Waals surface area contributed by atoms with Gasteiger partial charge in [-0.2, -0.15) is 5.10 Å². The maximum Gasteiger partial charge on any atom is 0.251 e. The smallest absolute Gasteiger partial charge is 0.251 e. The molecule has 22 heavy (non-hydrogen) atoms. The first-order valence-corrected chi connectivity index (χ1v) is 6.99. The Labute approximate surface area is 128 Å². The molecular formula is C17H16N4O. The Bertz CT molecular complexity index is 763. The standard InChI is InChI=1S/C17H16N4O/c1-21-12-15(11-20-21)16-8-7-13(9-18-16)10-19-17(22)14-5-3-2-4-6-14/h2-9,11-12H,10H2,1H3,(H,19,22). The quantitative estimate of drug-likeness (QED) is 0.803. The molecule has 0 unspecified atom stereocenters. The Kier molecular flexibility index (Phi) is 3.96. The second-order valence-electron chi connectivity index (χ2n) is 5.00. The number of carbonyl (C=O) groups excluding carboxylic acids is 1. The Morgan fingerprint density at radius 3 is 2.59 bits per heavy atom. The van der Waals surface area contributed by atoms with Gasteiger partial charge in [-0.1, -0.05) is 24.3 Å². The fourth-order valence-electron chi connectivity index (χ4n) is 2.13. The van der Waals surface area contributed by atoms with Gasteiger partial charge in [0.25, 0.3) is 5.91 Å². The SMILES string of the molecule is Cn1cc(-c2ccc(CNC(=O)c3ccccc3)cn2)cn1. The summed E-state index contributed by atoms with van der Waals surface area (Å²) in [5, 5.41) is 7.01. The topological polar surface area (TPSA) is 59.8 Å². The van der Waals surface area contributed by atoms with E-state index in [2.05, 4.69) is 15.4 Å². The highest BCUT2D eigenvalue weighted by atomic mass is 16.1. The van der Waals surface area contributed by atoms with Gasteiger partial charge in [0.2, 0.25) is 0 Å². The molecule has 3 rings (SSSR count). The van der Waals surface area contributed by atoms with E-state index in [1.165, 1.54) is 0 Å². The number of hydrogen-bond donors (Lipinski definition) is 1. The molecule has 0 fully saturated rings. The number of carbonyl (C=O) groups is 1. The van der Waals surface area contributed by atoms with Crippen LogP contribution in [0.15, 0.2) is 61.1 Å². The summed E-state index contributed by atoms with van der Waals surface area (Å²) in [6, 6.07) is 13.1. The highest BCUT2D eigenvalue weighted by Gasteiger charge is 2.05. The van der Waals surface area contributed by atoms with Crippen LogP contribution in [-0.4, -0.2) is 20.7 Å². The van der Waals surface area contributed by atoms with Crippen molar-refractivity contribution in [1.82, 2.24) is 20.1 Å². The van der Waals surface area contributed by atoms with E-state index in [4.69, 9.17) is 0 Å². The van der Waals surface area contributed by atoms with Crippen LogP contribution in [0, 0.1) is 0 Å². The van der Waals surface area contributed by atoms with Crippen molar-refractivity contribution in [3.05, 3.63) is 72.2 Å². The molecule has 1 aromatic carbocycles. The molecule has 0 radical (unpaired) electrons. The molecule has 0 aliphatic carbocycles. The zero-order valence-electron chi connectivity index (χ0n) is 12.2. The van der Waals surface area contributed by atoms with Crippen molar-refractivity contribution in [1.29, 1.82) is 0 Å². The molecule has 0 aliphatic rings. The van der Waals surface area contributed by atoms with Gasteiger partial charge in [-0.3, -0.25) is 14.5 Å². The summed E-state index contributed by atoms with van der Waals surface area (Å²) in [6.45, 7) is 0.452. The van der Waals surface area contributed by atoms with Gasteiger partial charge in [0.15, 0.2) is 0 Å². The molecule has 0 bridgehead atoms. The van der Waals surface area contributed by atoms with Gasteiger partial charge >= 0.3 is 0 Å². The third-order valence-electron chi connectivity index (χ3n) is 3.31. The van der Waals surface area contributed by atoms with Crippen LogP contribution < -0.4 is 5.32 Å². The molecular weight excluding hydrogens is 276 g/mol. The second-order valence-corrected chi connectivity index (χ2v) is 5.00. The number of pyridine rings is 1. The summed E-state index contributed by atoms with van der Waals surface area (Å²) in [6.07, 6.45) is 5.46. The summed E-state index contributed by atoms with van der Waals surface area (Å²) < 4.78 is 1.74. The van der Waals surface area contributed by atoms with Crippen LogP contribution in [0.25, 0.3) is 11.3 Å². The van der Waals surface area contributed by atoms with Gasteiger partial charge in [-0.25, -0.2) is 0 Å². The molecule has 0 saturated heterocycles. The fraction of sp³-hybridized carbons (Fsp3) is 0.118. The van der Waals surface area contributed by atoms with Gasteiger partial charge in [-0.05, 0) is 23.8 Å². The third-order valence-corrected chi connectivity index (χ3v) is 3.31. The zero-order chi connectivity index (χ0) is 15.4. The molecule has 5 nitrogen and oxygen atoms in total. The van der Waals surface area contributed by atoms with Crippen molar-refractivity contribution in [3.63, 3.8) is 0 Å². The number of benzene rings is 1.